The number of carbonyl (C=O) groups excluding carboxylic acids is 1. The first kappa shape index (κ1) is 30.0. The molecule has 0 bridgehead atoms. The van der Waals surface area contributed by atoms with Gasteiger partial charge >= 0.3 is 5.97 Å². The molecule has 4 rings (SSSR count). The van der Waals surface area contributed by atoms with Gasteiger partial charge in [0, 0.05) is 28.0 Å². The molecule has 2 heterocycles. The van der Waals surface area contributed by atoms with Gasteiger partial charge in [0.1, 0.15) is 40.2 Å². The van der Waals surface area contributed by atoms with E-state index in [-0.39, 0.29) is 27.6 Å². The summed E-state index contributed by atoms with van der Waals surface area (Å²) in [4.78, 5) is 13.7. The minimum absolute atomic E-state index is 0.000841. The van der Waals surface area contributed by atoms with Gasteiger partial charge in [0.15, 0.2) is 0 Å². The van der Waals surface area contributed by atoms with Crippen molar-refractivity contribution < 1.29 is 22.7 Å². The third kappa shape index (κ3) is 5.50. The van der Waals surface area contributed by atoms with Crippen LogP contribution in [0.15, 0.2) is 52.9 Å². The second kappa shape index (κ2) is 10.8. The number of hydrogen-bond acceptors (Lipinski definition) is 5. The van der Waals surface area contributed by atoms with E-state index in [2.05, 4.69) is 11.4 Å². The monoisotopic (exact) mass is 588 g/mol. The van der Waals surface area contributed by atoms with Crippen LogP contribution in [0.25, 0.3) is 0 Å². The average Bonchev–Trinajstić information content (AvgIpc) is 3.42. The third-order valence-corrected chi connectivity index (χ3v) is 7.94. The first-order chi connectivity index (χ1) is 18.6. The van der Waals surface area contributed by atoms with Gasteiger partial charge in [-0.15, -0.1) is 0 Å². The molecule has 1 fully saturated rings. The van der Waals surface area contributed by atoms with Crippen molar-refractivity contribution in [3.8, 4) is 6.07 Å². The smallest absolute Gasteiger partial charge is 0.324 e. The molecule has 212 valence electrons. The lowest BCUT2D eigenvalue weighted by molar-refractivity contribution is -0.157. The Morgan fingerprint density at radius 2 is 1.82 bits per heavy atom. The zero-order chi connectivity index (χ0) is 29.6. The van der Waals surface area contributed by atoms with Crippen LogP contribution in [0.4, 0.5) is 8.78 Å². The van der Waals surface area contributed by atoms with Crippen LogP contribution in [-0.4, -0.2) is 23.7 Å². The van der Waals surface area contributed by atoms with Gasteiger partial charge in [0.05, 0.1) is 11.1 Å². The highest BCUT2D eigenvalue weighted by atomic mass is 35.5. The maximum atomic E-state index is 15.8. The molecule has 40 heavy (non-hydrogen) atoms. The number of aryl methyl sites for hydroxylation is 1. The molecule has 1 aliphatic heterocycles. The number of nitriles is 1. The average molecular weight is 590 g/mol. The van der Waals surface area contributed by atoms with Gasteiger partial charge in [-0.3, -0.25) is 10.1 Å². The zero-order valence-corrected chi connectivity index (χ0v) is 24.8. The van der Waals surface area contributed by atoms with Crippen LogP contribution >= 0.6 is 23.2 Å². The summed E-state index contributed by atoms with van der Waals surface area (Å²) < 4.78 is 43.2. The largest absolute Gasteiger partial charge is 0.466 e. The molecule has 1 saturated heterocycles. The quantitative estimate of drug-likeness (QED) is 0.298. The van der Waals surface area contributed by atoms with Crippen LogP contribution in [-0.2, 0) is 20.4 Å². The van der Waals surface area contributed by atoms with E-state index in [1.54, 1.807) is 20.8 Å². The van der Waals surface area contributed by atoms with E-state index in [9.17, 15) is 10.1 Å². The van der Waals surface area contributed by atoms with Gasteiger partial charge in [0.25, 0.3) is 0 Å². The van der Waals surface area contributed by atoms with Crippen LogP contribution in [0.1, 0.15) is 69.6 Å². The molecule has 2 aromatic carbocycles. The van der Waals surface area contributed by atoms with E-state index in [4.69, 9.17) is 32.4 Å². The number of furan rings is 1. The number of hydrogen-bond donors (Lipinski definition) is 1. The summed E-state index contributed by atoms with van der Waals surface area (Å²) in [6.45, 7) is 10.8. The van der Waals surface area contributed by atoms with Crippen molar-refractivity contribution in [1.29, 1.82) is 5.26 Å². The van der Waals surface area contributed by atoms with Gasteiger partial charge in [-0.1, -0.05) is 55.2 Å². The van der Waals surface area contributed by atoms with Crippen molar-refractivity contribution in [2.45, 2.75) is 82.4 Å². The molecule has 1 N–H and O–H groups in total. The Morgan fingerprint density at radius 1 is 1.12 bits per heavy atom. The van der Waals surface area contributed by atoms with E-state index in [0.717, 1.165) is 6.07 Å². The van der Waals surface area contributed by atoms with Crippen molar-refractivity contribution in [2.24, 2.45) is 0 Å². The van der Waals surface area contributed by atoms with E-state index < -0.39 is 52.0 Å². The summed E-state index contributed by atoms with van der Waals surface area (Å²) in [7, 11) is 0. The van der Waals surface area contributed by atoms with E-state index >= 15 is 8.78 Å². The molecule has 3 aromatic rings. The van der Waals surface area contributed by atoms with E-state index in [0.29, 0.717) is 11.5 Å². The number of ether oxygens (including phenoxy) is 1. The second-order valence-electron chi connectivity index (χ2n) is 12.0. The van der Waals surface area contributed by atoms with Crippen LogP contribution in [0.5, 0.6) is 0 Å². The zero-order valence-electron chi connectivity index (χ0n) is 23.2. The lowest BCUT2D eigenvalue weighted by Gasteiger charge is -2.38. The molecule has 4 atom stereocenters. The van der Waals surface area contributed by atoms with Crippen molar-refractivity contribution >= 4 is 29.2 Å². The molecule has 0 radical (unpaired) electrons. The summed E-state index contributed by atoms with van der Waals surface area (Å²) in [5, 5.41) is 14.2. The highest BCUT2D eigenvalue weighted by Gasteiger charge is 2.62. The maximum absolute atomic E-state index is 15.8. The second-order valence-corrected chi connectivity index (χ2v) is 12.8. The standard InChI is InChI=1S/C31H32Cl2F2N2O3/c1-17-10-13-24(39-17)30(5,6)15-23-31(16-36,20-12-11-18(32)14-22(20)34)25(19-8-7-9-21(33)26(19)35)27(37-23)28(38)40-29(2,3)4/h7-14,23,25,27,37H,15H2,1-6H3/t23-,25-,27+,31-/m0/s1. The summed E-state index contributed by atoms with van der Waals surface area (Å²) >= 11 is 12.3. The predicted molar refractivity (Wildman–Crippen MR) is 150 cm³/mol. The predicted octanol–water partition coefficient (Wildman–Crippen LogP) is 7.77. The van der Waals surface area contributed by atoms with Gasteiger partial charge in [-0.2, -0.15) is 5.26 Å². The fourth-order valence-corrected chi connectivity index (χ4v) is 6.04. The molecule has 0 amide bonds. The normalized spacial score (nSPS) is 23.2. The maximum Gasteiger partial charge on any atom is 0.324 e. The van der Waals surface area contributed by atoms with Crippen LogP contribution in [0.3, 0.4) is 0 Å². The van der Waals surface area contributed by atoms with Crippen molar-refractivity contribution in [2.75, 3.05) is 0 Å². The van der Waals surface area contributed by atoms with Crippen LogP contribution in [0.2, 0.25) is 10.0 Å². The fourth-order valence-electron chi connectivity index (χ4n) is 5.70. The molecular formula is C31H32Cl2F2N2O3. The molecule has 1 aromatic heterocycles. The van der Waals surface area contributed by atoms with Gasteiger partial charge < -0.3 is 9.15 Å². The molecular weight excluding hydrogens is 557 g/mol. The number of rotatable bonds is 6. The van der Waals surface area contributed by atoms with Gasteiger partial charge in [-0.25, -0.2) is 8.78 Å². The Labute approximate surface area is 243 Å². The minimum atomic E-state index is -1.78. The Balaban J connectivity index is 2.00. The molecule has 0 saturated carbocycles. The first-order valence-corrected chi connectivity index (χ1v) is 13.7. The SMILES string of the molecule is Cc1ccc(C(C)(C)C[C@@H]2N[C@@H](C(=O)OC(C)(C)C)[C@H](c3cccc(Cl)c3F)[C@@]2(C#N)c2ccc(Cl)cc2F)o1. The number of carbonyl (C=O) groups is 1. The van der Waals surface area contributed by atoms with Crippen LogP contribution in [0, 0.1) is 29.9 Å². The summed E-state index contributed by atoms with van der Waals surface area (Å²) in [6.07, 6.45) is 0.230. The highest BCUT2D eigenvalue weighted by molar-refractivity contribution is 6.31. The minimum Gasteiger partial charge on any atom is -0.466 e. The molecule has 0 unspecified atom stereocenters. The Kier molecular flexibility index (Phi) is 8.12. The molecule has 5 nitrogen and oxygen atoms in total. The number of nitrogens with one attached hydrogen (secondary N) is 1. The number of halogens is 4. The van der Waals surface area contributed by atoms with Gasteiger partial charge in [-0.05, 0) is 70.0 Å². The topological polar surface area (TPSA) is 75.3 Å². The Bertz CT molecular complexity index is 1470. The van der Waals surface area contributed by atoms with Gasteiger partial charge in [0.2, 0.25) is 0 Å². The number of esters is 1. The van der Waals surface area contributed by atoms with E-state index in [1.807, 2.05) is 32.9 Å². The lowest BCUT2D eigenvalue weighted by atomic mass is 9.62. The Hall–Kier alpha value is -2.92. The highest BCUT2D eigenvalue weighted by Crippen LogP contribution is 2.53. The van der Waals surface area contributed by atoms with Crippen molar-refractivity contribution in [1.82, 2.24) is 5.32 Å². The van der Waals surface area contributed by atoms with Crippen molar-refractivity contribution in [3.63, 3.8) is 0 Å². The lowest BCUT2D eigenvalue weighted by Crippen LogP contribution is -2.46. The summed E-state index contributed by atoms with van der Waals surface area (Å²) in [6, 6.07) is 12.3. The third-order valence-electron chi connectivity index (χ3n) is 7.42. The first-order valence-electron chi connectivity index (χ1n) is 13.0. The molecule has 9 heteroatoms. The molecule has 0 aliphatic carbocycles. The Morgan fingerprint density at radius 3 is 2.40 bits per heavy atom. The number of nitrogens with zero attached hydrogens (tertiary/aromatic N) is 1. The van der Waals surface area contributed by atoms with Crippen molar-refractivity contribution in [3.05, 3.63) is 92.9 Å². The molecule has 1 aliphatic rings. The van der Waals surface area contributed by atoms with Crippen LogP contribution < -0.4 is 5.32 Å². The summed E-state index contributed by atoms with van der Waals surface area (Å²) in [5.74, 6) is -2.07. The molecule has 0 spiro atoms. The van der Waals surface area contributed by atoms with E-state index in [1.165, 1.54) is 30.3 Å². The number of benzene rings is 2. The summed E-state index contributed by atoms with van der Waals surface area (Å²) in [5.41, 5.74) is -3.34. The fraction of sp³-hybridized carbons (Fsp3) is 0.419.